The summed E-state index contributed by atoms with van der Waals surface area (Å²) in [6.45, 7) is 0. The van der Waals surface area contributed by atoms with E-state index in [2.05, 4.69) is 38.5 Å². The second-order valence-electron chi connectivity index (χ2n) is 1.39. The maximum Gasteiger partial charge on any atom is 1.00 e. The van der Waals surface area contributed by atoms with Gasteiger partial charge in [0.2, 0.25) is 0 Å². The van der Waals surface area contributed by atoms with Gasteiger partial charge in [0.15, 0.2) is 0 Å². The first-order valence-corrected chi connectivity index (χ1v) is 3.35. The molecule has 0 unspecified atom stereocenters. The standard InChI is InChI=1S/C4H4BrN3S.Na/c5-2-1-7-4(9)8-3(2)6;/h1H,(H3,6,7,8,9);/q;+1/p-1. The number of nitrogen functional groups attached to an aromatic ring is 1. The van der Waals surface area contributed by atoms with Gasteiger partial charge in [0.05, 0.1) is 4.47 Å². The molecule has 0 bridgehead atoms. The zero-order chi connectivity index (χ0) is 6.85. The number of nitrogens with zero attached hydrogens (tertiary/aromatic N) is 2. The summed E-state index contributed by atoms with van der Waals surface area (Å²) in [5.74, 6) is 0.384. The Morgan fingerprint density at radius 3 is 2.60 bits per heavy atom. The Morgan fingerprint density at radius 1 is 1.60 bits per heavy atom. The van der Waals surface area contributed by atoms with Crippen molar-refractivity contribution >= 4 is 34.4 Å². The number of nitrogens with two attached hydrogens (primary N) is 1. The van der Waals surface area contributed by atoms with Gasteiger partial charge in [-0.25, -0.2) is 4.98 Å². The van der Waals surface area contributed by atoms with Gasteiger partial charge in [-0.05, 0) is 15.9 Å². The summed E-state index contributed by atoms with van der Waals surface area (Å²) in [7, 11) is 0. The monoisotopic (exact) mass is 227 g/mol. The van der Waals surface area contributed by atoms with E-state index in [1.165, 1.54) is 6.20 Å². The van der Waals surface area contributed by atoms with E-state index in [-0.39, 0.29) is 34.7 Å². The van der Waals surface area contributed by atoms with Gasteiger partial charge in [0.1, 0.15) is 5.82 Å². The van der Waals surface area contributed by atoms with E-state index in [4.69, 9.17) is 5.73 Å². The molecule has 1 heterocycles. The second-order valence-corrected chi connectivity index (χ2v) is 2.61. The van der Waals surface area contributed by atoms with E-state index in [1.807, 2.05) is 0 Å². The Morgan fingerprint density at radius 2 is 2.20 bits per heavy atom. The fourth-order valence-corrected chi connectivity index (χ4v) is 0.705. The van der Waals surface area contributed by atoms with Crippen molar-refractivity contribution in [1.82, 2.24) is 9.97 Å². The number of hydrogen-bond donors (Lipinski definition) is 1. The zero-order valence-electron chi connectivity index (χ0n) is 5.34. The molecular weight excluding hydrogens is 225 g/mol. The summed E-state index contributed by atoms with van der Waals surface area (Å²) in [5.41, 5.74) is 5.36. The van der Waals surface area contributed by atoms with Crippen molar-refractivity contribution in [3.05, 3.63) is 10.7 Å². The predicted octanol–water partition coefficient (Wildman–Crippen LogP) is -2.27. The molecule has 3 nitrogen and oxygen atoms in total. The van der Waals surface area contributed by atoms with Crippen molar-refractivity contribution in [3.63, 3.8) is 0 Å². The molecule has 1 aromatic heterocycles. The first-order valence-electron chi connectivity index (χ1n) is 2.15. The van der Waals surface area contributed by atoms with Gasteiger partial charge >= 0.3 is 29.6 Å². The molecule has 1 rings (SSSR count). The van der Waals surface area contributed by atoms with Crippen molar-refractivity contribution in [2.75, 3.05) is 5.73 Å². The number of rotatable bonds is 0. The molecule has 0 aromatic carbocycles. The van der Waals surface area contributed by atoms with Gasteiger partial charge in [-0.2, -0.15) is 0 Å². The van der Waals surface area contributed by atoms with E-state index >= 15 is 0 Å². The van der Waals surface area contributed by atoms with Gasteiger partial charge in [-0.3, -0.25) is 4.98 Å². The number of hydrogen-bond acceptors (Lipinski definition) is 4. The van der Waals surface area contributed by atoms with Gasteiger partial charge in [0, 0.05) is 11.4 Å². The van der Waals surface area contributed by atoms with Gasteiger partial charge in [-0.15, -0.1) is 0 Å². The molecule has 0 atom stereocenters. The minimum absolute atomic E-state index is 0. The third-order valence-electron chi connectivity index (χ3n) is 0.749. The van der Waals surface area contributed by atoms with Crippen LogP contribution >= 0.6 is 15.9 Å². The van der Waals surface area contributed by atoms with Crippen LogP contribution in [0.3, 0.4) is 0 Å². The molecule has 0 radical (unpaired) electrons. The Kier molecular flexibility index (Phi) is 4.71. The van der Waals surface area contributed by atoms with Crippen molar-refractivity contribution in [2.45, 2.75) is 5.16 Å². The minimum atomic E-state index is 0. The van der Waals surface area contributed by atoms with E-state index in [1.54, 1.807) is 0 Å². The summed E-state index contributed by atoms with van der Waals surface area (Å²) >= 11 is 7.77. The van der Waals surface area contributed by atoms with E-state index < -0.39 is 0 Å². The van der Waals surface area contributed by atoms with Gasteiger partial charge in [0.25, 0.3) is 0 Å². The van der Waals surface area contributed by atoms with Crippen molar-refractivity contribution in [1.29, 1.82) is 0 Å². The van der Waals surface area contributed by atoms with Crippen LogP contribution < -0.4 is 35.3 Å². The van der Waals surface area contributed by atoms with Crippen LogP contribution in [-0.2, 0) is 12.6 Å². The number of anilines is 1. The third-order valence-corrected chi connectivity index (χ3v) is 1.56. The van der Waals surface area contributed by atoms with E-state index in [0.29, 0.717) is 10.3 Å². The smallest absolute Gasteiger partial charge is 0.740 e. The van der Waals surface area contributed by atoms with Crippen LogP contribution in [0.5, 0.6) is 0 Å². The molecule has 0 amide bonds. The topological polar surface area (TPSA) is 51.8 Å². The maximum atomic E-state index is 5.36. The molecule has 1 aromatic rings. The van der Waals surface area contributed by atoms with Crippen LogP contribution in [0.25, 0.3) is 0 Å². The van der Waals surface area contributed by atoms with Crippen molar-refractivity contribution in [3.8, 4) is 0 Å². The molecule has 0 aliphatic carbocycles. The van der Waals surface area contributed by atoms with Crippen LogP contribution in [0.1, 0.15) is 0 Å². The summed E-state index contributed by atoms with van der Waals surface area (Å²) in [6.07, 6.45) is 1.53. The molecule has 0 spiro atoms. The molecule has 0 saturated heterocycles. The molecule has 0 fully saturated rings. The molecule has 48 valence electrons. The van der Waals surface area contributed by atoms with Crippen LogP contribution in [0, 0.1) is 0 Å². The van der Waals surface area contributed by atoms with Crippen LogP contribution in [0.2, 0.25) is 0 Å². The molecule has 0 saturated carbocycles. The summed E-state index contributed by atoms with van der Waals surface area (Å²) in [4.78, 5) is 7.42. The first kappa shape index (κ1) is 10.6. The zero-order valence-corrected chi connectivity index (χ0v) is 9.74. The van der Waals surface area contributed by atoms with Crippen molar-refractivity contribution in [2.24, 2.45) is 0 Å². The van der Waals surface area contributed by atoms with Crippen LogP contribution in [-0.4, -0.2) is 9.97 Å². The average molecular weight is 228 g/mol. The summed E-state index contributed by atoms with van der Waals surface area (Å²) < 4.78 is 0.677. The molecule has 0 aliphatic heterocycles. The molecular formula is C4H3BrN3NaS. The summed E-state index contributed by atoms with van der Waals surface area (Å²) in [6, 6.07) is 0. The number of halogens is 1. The molecule has 10 heavy (non-hydrogen) atoms. The SMILES string of the molecule is Nc1nc([S-])ncc1Br.[Na+]. The third kappa shape index (κ3) is 2.67. The Hall–Kier alpha value is 0.580. The molecule has 0 aliphatic rings. The Bertz CT molecular complexity index is 232. The first-order chi connectivity index (χ1) is 4.20. The van der Waals surface area contributed by atoms with Crippen LogP contribution in [0.15, 0.2) is 15.8 Å². The normalized spacial score (nSPS) is 8.50. The number of aromatic nitrogens is 2. The molecule has 2 N–H and O–H groups in total. The average Bonchev–Trinajstić information content (AvgIpc) is 1.80. The minimum Gasteiger partial charge on any atom is -0.740 e. The maximum absolute atomic E-state index is 5.36. The summed E-state index contributed by atoms with van der Waals surface area (Å²) in [5, 5.41) is 0.274. The van der Waals surface area contributed by atoms with Crippen molar-refractivity contribution < 1.29 is 29.6 Å². The quantitative estimate of drug-likeness (QED) is 0.309. The largest absolute Gasteiger partial charge is 1.00 e. The van der Waals surface area contributed by atoms with Gasteiger partial charge in [-0.1, -0.05) is 0 Å². The van der Waals surface area contributed by atoms with E-state index in [0.717, 1.165) is 0 Å². The molecule has 6 heteroatoms. The van der Waals surface area contributed by atoms with Crippen LogP contribution in [0.4, 0.5) is 5.82 Å². The Labute approximate surface area is 94.6 Å². The fraction of sp³-hybridized carbons (Fsp3) is 0. The van der Waals surface area contributed by atoms with Gasteiger partial charge < -0.3 is 18.4 Å². The van der Waals surface area contributed by atoms with E-state index in [9.17, 15) is 0 Å². The Balaban J connectivity index is 0.000000810. The second kappa shape index (κ2) is 4.46. The predicted molar refractivity (Wildman–Crippen MR) is 39.8 cm³/mol. The fourth-order valence-electron chi connectivity index (χ4n) is 0.363.